The minimum atomic E-state index is -4.31. The van der Waals surface area contributed by atoms with Gasteiger partial charge < -0.3 is 15.7 Å². The molecule has 0 fully saturated rings. The third kappa shape index (κ3) is 8.49. The number of hydrogen-bond donors (Lipinski definition) is 3. The lowest BCUT2D eigenvalue weighted by molar-refractivity contribution is -0.128. The fourth-order valence-corrected chi connectivity index (χ4v) is 0.774. The molecule has 7 heteroatoms. The Kier molecular flexibility index (Phi) is 5.74. The molecule has 0 aliphatic rings. The van der Waals surface area contributed by atoms with Crippen molar-refractivity contribution in [2.24, 2.45) is 5.41 Å². The van der Waals surface area contributed by atoms with Crippen molar-refractivity contribution >= 4 is 5.91 Å². The molecule has 0 saturated carbocycles. The standard InChI is InChI=1S/C9H17F3N2O2/c1-8(2,6-15)4-14-7(16)3-13-5-9(10,11)12/h13,15H,3-6H2,1-2H3,(H,14,16). The van der Waals surface area contributed by atoms with Gasteiger partial charge in [-0.05, 0) is 0 Å². The van der Waals surface area contributed by atoms with Crippen LogP contribution in [0.25, 0.3) is 0 Å². The van der Waals surface area contributed by atoms with Gasteiger partial charge in [-0.15, -0.1) is 0 Å². The van der Waals surface area contributed by atoms with Crippen LogP contribution in [0.2, 0.25) is 0 Å². The SMILES string of the molecule is CC(C)(CO)CNC(=O)CNCC(F)(F)F. The summed E-state index contributed by atoms with van der Waals surface area (Å²) in [5.74, 6) is -0.522. The van der Waals surface area contributed by atoms with E-state index in [1.54, 1.807) is 13.8 Å². The summed E-state index contributed by atoms with van der Waals surface area (Å²) in [4.78, 5) is 11.1. The van der Waals surface area contributed by atoms with Gasteiger partial charge in [-0.1, -0.05) is 13.8 Å². The zero-order valence-electron chi connectivity index (χ0n) is 9.32. The molecule has 0 radical (unpaired) electrons. The van der Waals surface area contributed by atoms with Crippen LogP contribution in [0.3, 0.4) is 0 Å². The number of rotatable bonds is 6. The quantitative estimate of drug-likeness (QED) is 0.626. The van der Waals surface area contributed by atoms with Gasteiger partial charge in [0.05, 0.1) is 13.1 Å². The van der Waals surface area contributed by atoms with Crippen LogP contribution < -0.4 is 10.6 Å². The number of amides is 1. The zero-order valence-corrected chi connectivity index (χ0v) is 9.32. The van der Waals surface area contributed by atoms with Gasteiger partial charge in [0.15, 0.2) is 0 Å². The molecule has 4 nitrogen and oxygen atoms in total. The molecule has 96 valence electrons. The Bertz CT molecular complexity index is 229. The summed E-state index contributed by atoms with van der Waals surface area (Å²) in [6, 6.07) is 0. The molecule has 3 N–H and O–H groups in total. The van der Waals surface area contributed by atoms with Crippen molar-refractivity contribution in [3.63, 3.8) is 0 Å². The van der Waals surface area contributed by atoms with E-state index in [0.717, 1.165) is 0 Å². The molecule has 0 heterocycles. The highest BCUT2D eigenvalue weighted by Gasteiger charge is 2.26. The van der Waals surface area contributed by atoms with E-state index in [2.05, 4.69) is 5.32 Å². The predicted octanol–water partition coefficient (Wildman–Crippen LogP) is 0.273. The highest BCUT2D eigenvalue weighted by atomic mass is 19.4. The largest absolute Gasteiger partial charge is 0.401 e. The van der Waals surface area contributed by atoms with Gasteiger partial charge in [0.1, 0.15) is 0 Å². The van der Waals surface area contributed by atoms with E-state index in [1.165, 1.54) is 0 Å². The number of nitrogens with one attached hydrogen (secondary N) is 2. The van der Waals surface area contributed by atoms with E-state index in [0.29, 0.717) is 0 Å². The van der Waals surface area contributed by atoms with Crippen LogP contribution in [0.15, 0.2) is 0 Å². The van der Waals surface area contributed by atoms with Crippen LogP contribution in [0.4, 0.5) is 13.2 Å². The van der Waals surface area contributed by atoms with E-state index in [1.807, 2.05) is 5.32 Å². The molecular formula is C9H17F3N2O2. The zero-order chi connectivity index (χ0) is 12.8. The molecule has 0 saturated heterocycles. The van der Waals surface area contributed by atoms with Gasteiger partial charge in [0.25, 0.3) is 0 Å². The second kappa shape index (κ2) is 6.05. The van der Waals surface area contributed by atoms with E-state index >= 15 is 0 Å². The summed E-state index contributed by atoms with van der Waals surface area (Å²) in [7, 11) is 0. The van der Waals surface area contributed by atoms with Crippen LogP contribution in [-0.4, -0.2) is 43.4 Å². The van der Waals surface area contributed by atoms with Crippen molar-refractivity contribution < 1.29 is 23.1 Å². The molecule has 16 heavy (non-hydrogen) atoms. The molecule has 0 spiro atoms. The van der Waals surface area contributed by atoms with E-state index < -0.39 is 24.0 Å². The monoisotopic (exact) mass is 242 g/mol. The molecule has 0 atom stereocenters. The normalized spacial score (nSPS) is 12.6. The van der Waals surface area contributed by atoms with Crippen LogP contribution in [0.1, 0.15) is 13.8 Å². The van der Waals surface area contributed by atoms with Crippen LogP contribution in [-0.2, 0) is 4.79 Å². The Morgan fingerprint density at radius 3 is 2.25 bits per heavy atom. The van der Waals surface area contributed by atoms with Crippen molar-refractivity contribution in [3.05, 3.63) is 0 Å². The molecule has 0 aromatic carbocycles. The number of carbonyl (C=O) groups is 1. The highest BCUT2D eigenvalue weighted by molar-refractivity contribution is 5.78. The third-order valence-electron chi connectivity index (χ3n) is 1.80. The number of hydrogen-bond acceptors (Lipinski definition) is 3. The van der Waals surface area contributed by atoms with Gasteiger partial charge in [-0.3, -0.25) is 4.79 Å². The number of aliphatic hydroxyl groups excluding tert-OH is 1. The Hall–Kier alpha value is -0.820. The lowest BCUT2D eigenvalue weighted by Gasteiger charge is -2.21. The number of aliphatic hydroxyl groups is 1. The first-order valence-electron chi connectivity index (χ1n) is 4.81. The molecule has 0 aromatic rings. The molecule has 1 amide bonds. The Balaban J connectivity index is 3.68. The minimum absolute atomic E-state index is 0.108. The average Bonchev–Trinajstić information content (AvgIpc) is 2.13. The van der Waals surface area contributed by atoms with Crippen molar-refractivity contribution in [2.75, 3.05) is 26.2 Å². The fraction of sp³-hybridized carbons (Fsp3) is 0.889. The summed E-state index contributed by atoms with van der Waals surface area (Å²) >= 11 is 0. The molecule has 0 aliphatic heterocycles. The summed E-state index contributed by atoms with van der Waals surface area (Å²) in [5.41, 5.74) is -0.473. The third-order valence-corrected chi connectivity index (χ3v) is 1.80. The smallest absolute Gasteiger partial charge is 0.396 e. The summed E-state index contributed by atoms with van der Waals surface area (Å²) in [6.07, 6.45) is -4.31. The Morgan fingerprint density at radius 1 is 1.25 bits per heavy atom. The van der Waals surface area contributed by atoms with Crippen molar-refractivity contribution in [2.45, 2.75) is 20.0 Å². The average molecular weight is 242 g/mol. The summed E-state index contributed by atoms with van der Waals surface area (Å²) in [6.45, 7) is 2.00. The second-order valence-electron chi connectivity index (χ2n) is 4.32. The maximum absolute atomic E-state index is 11.7. The van der Waals surface area contributed by atoms with Crippen molar-refractivity contribution in [1.29, 1.82) is 0 Å². The first-order chi connectivity index (χ1) is 7.16. The number of alkyl halides is 3. The van der Waals surface area contributed by atoms with Crippen LogP contribution in [0.5, 0.6) is 0 Å². The summed E-state index contributed by atoms with van der Waals surface area (Å²) in [5, 5.41) is 13.3. The Labute approximate surface area is 92.2 Å². The minimum Gasteiger partial charge on any atom is -0.396 e. The van der Waals surface area contributed by atoms with Gasteiger partial charge in [-0.25, -0.2) is 0 Å². The molecule has 0 aromatic heterocycles. The first kappa shape index (κ1) is 15.2. The van der Waals surface area contributed by atoms with Crippen molar-refractivity contribution in [1.82, 2.24) is 10.6 Å². The van der Waals surface area contributed by atoms with Gasteiger partial charge >= 0.3 is 6.18 Å². The lowest BCUT2D eigenvalue weighted by Crippen LogP contribution is -2.42. The number of halogens is 3. The lowest BCUT2D eigenvalue weighted by atomic mass is 9.95. The maximum Gasteiger partial charge on any atom is 0.401 e. The van der Waals surface area contributed by atoms with E-state index in [-0.39, 0.29) is 19.7 Å². The highest BCUT2D eigenvalue weighted by Crippen LogP contribution is 2.12. The van der Waals surface area contributed by atoms with Gasteiger partial charge in [0.2, 0.25) is 5.91 Å². The van der Waals surface area contributed by atoms with Crippen LogP contribution in [0, 0.1) is 5.41 Å². The Morgan fingerprint density at radius 2 is 1.81 bits per heavy atom. The number of carbonyl (C=O) groups excluding carboxylic acids is 1. The summed E-state index contributed by atoms with van der Waals surface area (Å²) < 4.78 is 35.1. The van der Waals surface area contributed by atoms with E-state index in [4.69, 9.17) is 5.11 Å². The maximum atomic E-state index is 11.7. The molecule has 0 aliphatic carbocycles. The predicted molar refractivity (Wildman–Crippen MR) is 52.8 cm³/mol. The molecule has 0 unspecified atom stereocenters. The molecule has 0 rings (SSSR count). The molecule has 0 bridgehead atoms. The van der Waals surface area contributed by atoms with Crippen molar-refractivity contribution in [3.8, 4) is 0 Å². The molecular weight excluding hydrogens is 225 g/mol. The fourth-order valence-electron chi connectivity index (χ4n) is 0.774. The first-order valence-corrected chi connectivity index (χ1v) is 4.81. The van der Waals surface area contributed by atoms with Gasteiger partial charge in [0, 0.05) is 18.6 Å². The van der Waals surface area contributed by atoms with E-state index in [9.17, 15) is 18.0 Å². The van der Waals surface area contributed by atoms with Gasteiger partial charge in [-0.2, -0.15) is 13.2 Å². The topological polar surface area (TPSA) is 61.4 Å². The van der Waals surface area contributed by atoms with Crippen LogP contribution >= 0.6 is 0 Å². The second-order valence-corrected chi connectivity index (χ2v) is 4.32.